The SMILES string of the molecule is O=S(=O)(NCOc1ccccc1)c1ccc(Cl)c(Cl)c1. The minimum absolute atomic E-state index is 0.0311. The molecule has 106 valence electrons. The molecule has 2 aromatic rings. The van der Waals surface area contributed by atoms with Crippen molar-refractivity contribution >= 4 is 33.2 Å². The van der Waals surface area contributed by atoms with Crippen molar-refractivity contribution in [3.8, 4) is 5.75 Å². The average Bonchev–Trinajstić information content (AvgIpc) is 2.43. The van der Waals surface area contributed by atoms with Crippen molar-refractivity contribution in [3.05, 3.63) is 58.6 Å². The van der Waals surface area contributed by atoms with E-state index in [9.17, 15) is 8.42 Å². The highest BCUT2D eigenvalue weighted by atomic mass is 35.5. The van der Waals surface area contributed by atoms with Crippen molar-refractivity contribution < 1.29 is 13.2 Å². The Morgan fingerprint density at radius 2 is 1.70 bits per heavy atom. The molecular formula is C13H11Cl2NO3S. The van der Waals surface area contributed by atoms with Crippen LogP contribution in [0.25, 0.3) is 0 Å². The number of halogens is 2. The molecule has 0 amide bonds. The summed E-state index contributed by atoms with van der Waals surface area (Å²) in [5.41, 5.74) is 0. The number of benzene rings is 2. The van der Waals surface area contributed by atoms with Crippen molar-refractivity contribution in [1.82, 2.24) is 4.72 Å². The van der Waals surface area contributed by atoms with Gasteiger partial charge in [0.2, 0.25) is 10.0 Å². The predicted octanol–water partition coefficient (Wildman–Crippen LogP) is 3.31. The van der Waals surface area contributed by atoms with Crippen LogP contribution in [0.3, 0.4) is 0 Å². The van der Waals surface area contributed by atoms with Crippen molar-refractivity contribution in [2.45, 2.75) is 4.90 Å². The van der Waals surface area contributed by atoms with Crippen LogP contribution in [0.5, 0.6) is 5.75 Å². The molecule has 0 spiro atoms. The zero-order chi connectivity index (χ0) is 14.6. The molecule has 2 rings (SSSR count). The van der Waals surface area contributed by atoms with E-state index in [4.69, 9.17) is 27.9 Å². The highest BCUT2D eigenvalue weighted by Crippen LogP contribution is 2.24. The molecular weight excluding hydrogens is 321 g/mol. The lowest BCUT2D eigenvalue weighted by molar-refractivity contribution is 0.311. The van der Waals surface area contributed by atoms with Gasteiger partial charge in [-0.1, -0.05) is 41.4 Å². The van der Waals surface area contributed by atoms with E-state index in [2.05, 4.69) is 4.72 Å². The van der Waals surface area contributed by atoms with Gasteiger partial charge in [0.15, 0.2) is 6.73 Å². The Kier molecular flexibility index (Phi) is 4.88. The summed E-state index contributed by atoms with van der Waals surface area (Å²) in [7, 11) is -3.69. The van der Waals surface area contributed by atoms with Crippen LogP contribution in [-0.4, -0.2) is 15.1 Å². The molecule has 0 aliphatic heterocycles. The van der Waals surface area contributed by atoms with Gasteiger partial charge in [-0.15, -0.1) is 0 Å². The molecule has 7 heteroatoms. The van der Waals surface area contributed by atoms with E-state index >= 15 is 0 Å². The van der Waals surface area contributed by atoms with Gasteiger partial charge in [0.25, 0.3) is 0 Å². The maximum atomic E-state index is 12.0. The van der Waals surface area contributed by atoms with Gasteiger partial charge in [-0.2, -0.15) is 4.72 Å². The molecule has 0 saturated carbocycles. The Morgan fingerprint density at radius 3 is 2.35 bits per heavy atom. The van der Waals surface area contributed by atoms with Gasteiger partial charge in [-0.3, -0.25) is 0 Å². The van der Waals surface area contributed by atoms with Crippen LogP contribution < -0.4 is 9.46 Å². The maximum absolute atomic E-state index is 12.0. The number of hydrogen-bond donors (Lipinski definition) is 1. The van der Waals surface area contributed by atoms with Gasteiger partial charge in [0.1, 0.15) is 5.75 Å². The topological polar surface area (TPSA) is 55.4 Å². The van der Waals surface area contributed by atoms with E-state index in [1.807, 2.05) is 6.07 Å². The first kappa shape index (κ1) is 15.1. The number of ether oxygens (including phenoxy) is 1. The Labute approximate surface area is 127 Å². The minimum atomic E-state index is -3.69. The molecule has 0 aromatic heterocycles. The van der Waals surface area contributed by atoms with E-state index in [-0.39, 0.29) is 16.6 Å². The van der Waals surface area contributed by atoms with Crippen molar-refractivity contribution in [3.63, 3.8) is 0 Å². The summed E-state index contributed by atoms with van der Waals surface area (Å²) in [6.07, 6.45) is 0. The van der Waals surface area contributed by atoms with Crippen molar-refractivity contribution in [1.29, 1.82) is 0 Å². The van der Waals surface area contributed by atoms with Crippen LogP contribution in [0.1, 0.15) is 0 Å². The van der Waals surface area contributed by atoms with Gasteiger partial charge >= 0.3 is 0 Å². The van der Waals surface area contributed by atoms with Gasteiger partial charge in [-0.05, 0) is 30.3 Å². The molecule has 0 saturated heterocycles. The zero-order valence-corrected chi connectivity index (χ0v) is 12.5. The first-order valence-corrected chi connectivity index (χ1v) is 7.85. The van der Waals surface area contributed by atoms with Crippen molar-refractivity contribution in [2.24, 2.45) is 0 Å². The number of nitrogens with one attached hydrogen (secondary N) is 1. The van der Waals surface area contributed by atoms with E-state index in [1.54, 1.807) is 24.3 Å². The van der Waals surface area contributed by atoms with Gasteiger partial charge < -0.3 is 4.74 Å². The third-order valence-corrected chi connectivity index (χ3v) is 4.54. The second kappa shape index (κ2) is 6.45. The van der Waals surface area contributed by atoms with Crippen LogP contribution in [0, 0.1) is 0 Å². The van der Waals surface area contributed by atoms with E-state index in [1.165, 1.54) is 18.2 Å². The molecule has 0 aliphatic carbocycles. The fraction of sp³-hybridized carbons (Fsp3) is 0.0769. The Bertz CT molecular complexity index is 690. The maximum Gasteiger partial charge on any atom is 0.243 e. The molecule has 0 heterocycles. The number of para-hydroxylation sites is 1. The second-order valence-electron chi connectivity index (χ2n) is 3.83. The predicted molar refractivity (Wildman–Crippen MR) is 78.7 cm³/mol. The van der Waals surface area contributed by atoms with Gasteiger partial charge in [0.05, 0.1) is 14.9 Å². The lowest BCUT2D eigenvalue weighted by Crippen LogP contribution is -2.27. The molecule has 1 N–H and O–H groups in total. The molecule has 0 radical (unpaired) electrons. The molecule has 2 aromatic carbocycles. The quantitative estimate of drug-likeness (QED) is 0.855. The largest absolute Gasteiger partial charge is 0.477 e. The minimum Gasteiger partial charge on any atom is -0.477 e. The highest BCUT2D eigenvalue weighted by Gasteiger charge is 2.15. The lowest BCUT2D eigenvalue weighted by atomic mass is 10.3. The van der Waals surface area contributed by atoms with Crippen LogP contribution in [0.2, 0.25) is 10.0 Å². The zero-order valence-electron chi connectivity index (χ0n) is 10.2. The number of hydrogen-bond acceptors (Lipinski definition) is 3. The highest BCUT2D eigenvalue weighted by molar-refractivity contribution is 7.89. The summed E-state index contributed by atoms with van der Waals surface area (Å²) >= 11 is 11.5. The summed E-state index contributed by atoms with van der Waals surface area (Å²) in [4.78, 5) is 0.0311. The lowest BCUT2D eigenvalue weighted by Gasteiger charge is -2.09. The van der Waals surface area contributed by atoms with Crippen molar-refractivity contribution in [2.75, 3.05) is 6.73 Å². The molecule has 4 nitrogen and oxygen atoms in total. The molecule has 20 heavy (non-hydrogen) atoms. The van der Waals surface area contributed by atoms with E-state index in [0.29, 0.717) is 10.8 Å². The third kappa shape index (κ3) is 3.86. The molecule has 0 unspecified atom stereocenters. The van der Waals surface area contributed by atoms with Crippen LogP contribution in [0.4, 0.5) is 0 Å². The Balaban J connectivity index is 2.02. The fourth-order valence-electron chi connectivity index (χ4n) is 1.43. The van der Waals surface area contributed by atoms with Crippen LogP contribution in [-0.2, 0) is 10.0 Å². The third-order valence-electron chi connectivity index (χ3n) is 2.43. The summed E-state index contributed by atoms with van der Waals surface area (Å²) in [5.74, 6) is 0.573. The smallest absolute Gasteiger partial charge is 0.243 e. The monoisotopic (exact) mass is 331 g/mol. The van der Waals surface area contributed by atoms with E-state index < -0.39 is 10.0 Å². The number of sulfonamides is 1. The first-order chi connectivity index (χ1) is 9.49. The standard InChI is InChI=1S/C13H11Cl2NO3S/c14-12-7-6-11(8-13(12)15)20(17,18)16-9-19-10-4-2-1-3-5-10/h1-8,16H,9H2. The summed E-state index contributed by atoms with van der Waals surface area (Å²) in [6, 6.07) is 13.0. The number of rotatable bonds is 5. The molecule has 0 fully saturated rings. The summed E-state index contributed by atoms with van der Waals surface area (Å²) in [6.45, 7) is -0.174. The summed E-state index contributed by atoms with van der Waals surface area (Å²) < 4.78 is 31.6. The fourth-order valence-corrected chi connectivity index (χ4v) is 2.70. The Hall–Kier alpha value is -1.27. The van der Waals surface area contributed by atoms with Gasteiger partial charge in [-0.25, -0.2) is 8.42 Å². The van der Waals surface area contributed by atoms with E-state index in [0.717, 1.165) is 0 Å². The summed E-state index contributed by atoms with van der Waals surface area (Å²) in [5, 5.41) is 0.477. The molecule has 0 atom stereocenters. The van der Waals surface area contributed by atoms with Crippen LogP contribution >= 0.6 is 23.2 Å². The Morgan fingerprint density at radius 1 is 1.00 bits per heavy atom. The normalized spacial score (nSPS) is 11.3. The second-order valence-corrected chi connectivity index (χ2v) is 6.41. The first-order valence-electron chi connectivity index (χ1n) is 5.61. The average molecular weight is 332 g/mol. The molecule has 0 bridgehead atoms. The van der Waals surface area contributed by atoms with Crippen LogP contribution in [0.15, 0.2) is 53.4 Å². The molecule has 0 aliphatic rings. The van der Waals surface area contributed by atoms with Gasteiger partial charge in [0, 0.05) is 0 Å².